The fourth-order valence-corrected chi connectivity index (χ4v) is 0.844. The Kier molecular flexibility index (Phi) is 7.11. The van der Waals surface area contributed by atoms with E-state index in [2.05, 4.69) is 0 Å². The van der Waals surface area contributed by atoms with Crippen molar-refractivity contribution >= 4 is 5.97 Å². The van der Waals surface area contributed by atoms with Gasteiger partial charge in [0.15, 0.2) is 0 Å². The number of carbonyl (C=O) groups excluding carboxylic acids is 1. The van der Waals surface area contributed by atoms with Crippen LogP contribution >= 0.6 is 0 Å². The number of rotatable bonds is 6. The summed E-state index contributed by atoms with van der Waals surface area (Å²) in [4.78, 5) is 11.2. The van der Waals surface area contributed by atoms with Crippen molar-refractivity contribution < 1.29 is 14.6 Å². The minimum Gasteiger partial charge on any atom is -0.435 e. The second-order valence-corrected chi connectivity index (χ2v) is 3.32. The molecule has 3 heteroatoms. The van der Waals surface area contributed by atoms with Gasteiger partial charge in [0.25, 0.3) is 0 Å². The van der Waals surface area contributed by atoms with Gasteiger partial charge in [-0.1, -0.05) is 32.9 Å². The van der Waals surface area contributed by atoms with Gasteiger partial charge >= 0.3 is 5.97 Å². The zero-order valence-corrected chi connectivity index (χ0v) is 9.19. The van der Waals surface area contributed by atoms with Crippen molar-refractivity contribution in [1.29, 1.82) is 0 Å². The average Bonchev–Trinajstić information content (AvgIpc) is 2.16. The fourth-order valence-electron chi connectivity index (χ4n) is 0.844. The van der Waals surface area contributed by atoms with Crippen LogP contribution in [-0.2, 0) is 9.53 Å². The van der Waals surface area contributed by atoms with Gasteiger partial charge in [-0.05, 0) is 12.8 Å². The zero-order valence-electron chi connectivity index (χ0n) is 9.19. The van der Waals surface area contributed by atoms with Crippen molar-refractivity contribution in [3.05, 3.63) is 12.2 Å². The van der Waals surface area contributed by atoms with E-state index in [1.807, 2.05) is 26.0 Å². The van der Waals surface area contributed by atoms with Gasteiger partial charge in [0.05, 0.1) is 5.92 Å². The molecule has 0 aromatic carbocycles. The lowest BCUT2D eigenvalue weighted by Gasteiger charge is -2.13. The number of ether oxygens (including phenoxy) is 1. The highest BCUT2D eigenvalue weighted by molar-refractivity contribution is 5.71. The molecule has 0 rings (SSSR count). The van der Waals surface area contributed by atoms with E-state index in [1.165, 1.54) is 0 Å². The van der Waals surface area contributed by atoms with E-state index >= 15 is 0 Å². The Labute approximate surface area is 85.8 Å². The second-order valence-electron chi connectivity index (χ2n) is 3.32. The van der Waals surface area contributed by atoms with Gasteiger partial charge in [-0.15, -0.1) is 0 Å². The molecule has 82 valence electrons. The predicted molar refractivity (Wildman–Crippen MR) is 55.6 cm³/mol. The Morgan fingerprint density at radius 1 is 1.43 bits per heavy atom. The molecule has 0 saturated heterocycles. The summed E-state index contributed by atoms with van der Waals surface area (Å²) in [6.45, 7) is 5.71. The standard InChI is InChI=1S/C11H20O3/c1-4-6-7-8-10(12)14-11(13)9(3)5-2/h6-7,9-10,12H,4-5,8H2,1-3H3/b7-6-. The van der Waals surface area contributed by atoms with E-state index < -0.39 is 6.29 Å². The van der Waals surface area contributed by atoms with Crippen LogP contribution in [0.2, 0.25) is 0 Å². The first-order chi connectivity index (χ1) is 6.61. The molecule has 0 spiro atoms. The third-order valence-corrected chi connectivity index (χ3v) is 2.01. The molecule has 0 heterocycles. The number of allylic oxidation sites excluding steroid dienone is 1. The minimum absolute atomic E-state index is 0.139. The molecular formula is C11H20O3. The molecule has 0 aromatic heterocycles. The van der Waals surface area contributed by atoms with Crippen LogP contribution in [0.4, 0.5) is 0 Å². The molecule has 0 aliphatic heterocycles. The highest BCUT2D eigenvalue weighted by Crippen LogP contribution is 2.06. The quantitative estimate of drug-likeness (QED) is 0.406. The smallest absolute Gasteiger partial charge is 0.310 e. The van der Waals surface area contributed by atoms with Crippen LogP contribution in [-0.4, -0.2) is 17.4 Å². The summed E-state index contributed by atoms with van der Waals surface area (Å²) in [5.74, 6) is -0.468. The molecule has 0 aliphatic carbocycles. The Bertz CT molecular complexity index is 187. The zero-order chi connectivity index (χ0) is 11.0. The maximum absolute atomic E-state index is 11.2. The molecule has 2 unspecified atom stereocenters. The summed E-state index contributed by atoms with van der Waals surface area (Å²) in [7, 11) is 0. The van der Waals surface area contributed by atoms with E-state index in [1.54, 1.807) is 6.92 Å². The molecule has 14 heavy (non-hydrogen) atoms. The lowest BCUT2D eigenvalue weighted by molar-refractivity contribution is -0.171. The molecule has 1 N–H and O–H groups in total. The van der Waals surface area contributed by atoms with Crippen LogP contribution < -0.4 is 0 Å². The molecular weight excluding hydrogens is 180 g/mol. The van der Waals surface area contributed by atoms with Gasteiger partial charge < -0.3 is 9.84 Å². The molecule has 0 aromatic rings. The van der Waals surface area contributed by atoms with Gasteiger partial charge in [0.1, 0.15) is 0 Å². The number of hydrogen-bond donors (Lipinski definition) is 1. The number of carbonyl (C=O) groups is 1. The van der Waals surface area contributed by atoms with Crippen molar-refractivity contribution in [2.45, 2.75) is 46.3 Å². The summed E-state index contributed by atoms with van der Waals surface area (Å²) in [6.07, 6.45) is 4.77. The first-order valence-electron chi connectivity index (χ1n) is 5.15. The maximum atomic E-state index is 11.2. The number of aliphatic hydroxyl groups is 1. The molecule has 0 fully saturated rings. The summed E-state index contributed by atoms with van der Waals surface area (Å²) in [6, 6.07) is 0. The SMILES string of the molecule is CC/C=C\CC(O)OC(=O)C(C)CC. The third kappa shape index (κ3) is 5.75. The number of aliphatic hydroxyl groups excluding tert-OH is 1. The molecule has 0 bridgehead atoms. The number of esters is 1. The normalized spacial score (nSPS) is 15.4. The second kappa shape index (κ2) is 7.56. The highest BCUT2D eigenvalue weighted by Gasteiger charge is 2.15. The predicted octanol–water partition coefficient (Wildman–Crippen LogP) is 2.25. The van der Waals surface area contributed by atoms with E-state index in [9.17, 15) is 9.90 Å². The van der Waals surface area contributed by atoms with Gasteiger partial charge in [-0.3, -0.25) is 4.79 Å². The van der Waals surface area contributed by atoms with E-state index in [0.717, 1.165) is 12.8 Å². The summed E-state index contributed by atoms with van der Waals surface area (Å²) in [5.41, 5.74) is 0. The average molecular weight is 200 g/mol. The first-order valence-corrected chi connectivity index (χ1v) is 5.15. The molecule has 3 nitrogen and oxygen atoms in total. The van der Waals surface area contributed by atoms with Crippen molar-refractivity contribution in [3.63, 3.8) is 0 Å². The van der Waals surface area contributed by atoms with Gasteiger partial charge in [-0.25, -0.2) is 0 Å². The highest BCUT2D eigenvalue weighted by atomic mass is 16.6. The van der Waals surface area contributed by atoms with E-state index in [4.69, 9.17) is 4.74 Å². The summed E-state index contributed by atoms with van der Waals surface area (Å²) >= 11 is 0. The minimum atomic E-state index is -1.00. The molecule has 0 aliphatic rings. The third-order valence-electron chi connectivity index (χ3n) is 2.01. The first kappa shape index (κ1) is 13.2. The monoisotopic (exact) mass is 200 g/mol. The number of hydrogen-bond acceptors (Lipinski definition) is 3. The summed E-state index contributed by atoms with van der Waals surface area (Å²) in [5, 5.41) is 9.30. The topological polar surface area (TPSA) is 46.5 Å². The molecule has 2 atom stereocenters. The molecule has 0 radical (unpaired) electrons. The Morgan fingerprint density at radius 3 is 2.57 bits per heavy atom. The van der Waals surface area contributed by atoms with Crippen molar-refractivity contribution in [1.82, 2.24) is 0 Å². The van der Waals surface area contributed by atoms with Crippen molar-refractivity contribution in [2.24, 2.45) is 5.92 Å². The lowest BCUT2D eigenvalue weighted by atomic mass is 10.1. The Balaban J connectivity index is 3.76. The fraction of sp³-hybridized carbons (Fsp3) is 0.727. The van der Waals surface area contributed by atoms with Crippen LogP contribution in [0.1, 0.15) is 40.0 Å². The van der Waals surface area contributed by atoms with Gasteiger partial charge in [-0.2, -0.15) is 0 Å². The molecule has 0 amide bonds. The van der Waals surface area contributed by atoms with Crippen LogP contribution in [0.25, 0.3) is 0 Å². The van der Waals surface area contributed by atoms with Crippen LogP contribution in [0.5, 0.6) is 0 Å². The van der Waals surface area contributed by atoms with Gasteiger partial charge in [0.2, 0.25) is 6.29 Å². The van der Waals surface area contributed by atoms with Crippen LogP contribution in [0.15, 0.2) is 12.2 Å². The van der Waals surface area contributed by atoms with Crippen molar-refractivity contribution in [2.75, 3.05) is 0 Å². The van der Waals surface area contributed by atoms with E-state index in [-0.39, 0.29) is 11.9 Å². The lowest BCUT2D eigenvalue weighted by Crippen LogP contribution is -2.21. The Hall–Kier alpha value is -0.830. The van der Waals surface area contributed by atoms with Crippen LogP contribution in [0.3, 0.4) is 0 Å². The molecule has 0 saturated carbocycles. The van der Waals surface area contributed by atoms with Crippen molar-refractivity contribution in [3.8, 4) is 0 Å². The van der Waals surface area contributed by atoms with Crippen LogP contribution in [0, 0.1) is 5.92 Å². The largest absolute Gasteiger partial charge is 0.435 e. The van der Waals surface area contributed by atoms with E-state index in [0.29, 0.717) is 6.42 Å². The maximum Gasteiger partial charge on any atom is 0.310 e. The van der Waals surface area contributed by atoms with Gasteiger partial charge in [0, 0.05) is 6.42 Å². The summed E-state index contributed by atoms with van der Waals surface area (Å²) < 4.78 is 4.81. The Morgan fingerprint density at radius 2 is 2.07 bits per heavy atom.